The van der Waals surface area contributed by atoms with Crippen LogP contribution in [0, 0.1) is 5.41 Å². The number of hydrogen-bond acceptors (Lipinski definition) is 4. The molecule has 1 fully saturated rings. The average molecular weight is 399 g/mol. The van der Waals surface area contributed by atoms with E-state index in [4.69, 9.17) is 15.9 Å². The third kappa shape index (κ3) is 3.50. The molecule has 6 heteroatoms. The predicted molar refractivity (Wildman–Crippen MR) is 120 cm³/mol. The number of nitrogens with one attached hydrogen (secondary N) is 2. The molecule has 0 saturated carbocycles. The second-order valence-corrected chi connectivity index (χ2v) is 7.82. The molecule has 1 saturated heterocycles. The van der Waals surface area contributed by atoms with E-state index in [0.717, 1.165) is 59.0 Å². The van der Waals surface area contributed by atoms with Gasteiger partial charge in [0.25, 0.3) is 0 Å². The van der Waals surface area contributed by atoms with Crippen LogP contribution in [0.2, 0.25) is 0 Å². The van der Waals surface area contributed by atoms with Crippen LogP contribution in [0.1, 0.15) is 24.0 Å². The molecule has 6 nitrogen and oxygen atoms in total. The standard InChI is InChI=1S/C24H25N5O/c25-24(26)21-7-5-16(19-3-1-2-4-20(19)21)14-29-15-28-22-13-18(6-8-23(22)29)30-17-9-11-27-12-10-17/h1-8,13,15,17,27H,9-12,14H2,(H3,25,26). The number of amidine groups is 1. The number of nitrogen functional groups attached to an aromatic ring is 1. The Bertz CT molecular complexity index is 1220. The first-order valence-electron chi connectivity index (χ1n) is 10.4. The lowest BCUT2D eigenvalue weighted by Gasteiger charge is -2.23. The number of nitrogens with two attached hydrogens (primary N) is 1. The van der Waals surface area contributed by atoms with Crippen molar-refractivity contribution in [3.05, 3.63) is 72.1 Å². The Kier molecular flexibility index (Phi) is 4.85. The zero-order valence-corrected chi connectivity index (χ0v) is 16.8. The van der Waals surface area contributed by atoms with Crippen LogP contribution in [-0.2, 0) is 6.54 Å². The average Bonchev–Trinajstić information content (AvgIpc) is 3.16. The van der Waals surface area contributed by atoms with Gasteiger partial charge < -0.3 is 20.4 Å². The Morgan fingerprint density at radius 3 is 2.70 bits per heavy atom. The fourth-order valence-electron chi connectivity index (χ4n) is 4.27. The van der Waals surface area contributed by atoms with Gasteiger partial charge >= 0.3 is 0 Å². The van der Waals surface area contributed by atoms with Crippen LogP contribution in [0.5, 0.6) is 5.75 Å². The second-order valence-electron chi connectivity index (χ2n) is 7.82. The Morgan fingerprint density at radius 2 is 1.90 bits per heavy atom. The van der Waals surface area contributed by atoms with E-state index >= 15 is 0 Å². The smallest absolute Gasteiger partial charge is 0.123 e. The highest BCUT2D eigenvalue weighted by Gasteiger charge is 2.15. The molecule has 0 unspecified atom stereocenters. The molecule has 0 amide bonds. The maximum atomic E-state index is 7.85. The van der Waals surface area contributed by atoms with Crippen molar-refractivity contribution in [2.75, 3.05) is 13.1 Å². The summed E-state index contributed by atoms with van der Waals surface area (Å²) in [5, 5.41) is 13.3. The van der Waals surface area contributed by atoms with E-state index in [0.29, 0.717) is 6.54 Å². The highest BCUT2D eigenvalue weighted by Crippen LogP contribution is 2.26. The highest BCUT2D eigenvalue weighted by molar-refractivity contribution is 6.08. The van der Waals surface area contributed by atoms with Crippen LogP contribution in [0.15, 0.2) is 60.9 Å². The van der Waals surface area contributed by atoms with E-state index in [-0.39, 0.29) is 11.9 Å². The number of benzene rings is 3. The van der Waals surface area contributed by atoms with Gasteiger partial charge in [0.1, 0.15) is 17.7 Å². The number of nitrogens with zero attached hydrogens (tertiary/aromatic N) is 2. The molecule has 0 aliphatic carbocycles. The molecular weight excluding hydrogens is 374 g/mol. The number of piperidine rings is 1. The van der Waals surface area contributed by atoms with Crippen LogP contribution in [0.25, 0.3) is 21.8 Å². The van der Waals surface area contributed by atoms with Gasteiger partial charge in [-0.2, -0.15) is 0 Å². The molecule has 0 atom stereocenters. The Balaban J connectivity index is 1.45. The molecule has 0 spiro atoms. The molecule has 2 heterocycles. The number of ether oxygens (including phenoxy) is 1. The summed E-state index contributed by atoms with van der Waals surface area (Å²) in [4.78, 5) is 4.61. The molecule has 1 aromatic heterocycles. The molecule has 0 radical (unpaired) electrons. The van der Waals surface area contributed by atoms with E-state index in [2.05, 4.69) is 33.1 Å². The van der Waals surface area contributed by atoms with Gasteiger partial charge in [0, 0.05) is 18.2 Å². The van der Waals surface area contributed by atoms with Gasteiger partial charge in [0.05, 0.1) is 17.4 Å². The number of aromatic nitrogens is 2. The summed E-state index contributed by atoms with van der Waals surface area (Å²) in [5.74, 6) is 0.975. The van der Waals surface area contributed by atoms with Crippen LogP contribution >= 0.6 is 0 Å². The summed E-state index contributed by atoms with van der Waals surface area (Å²) < 4.78 is 8.31. The van der Waals surface area contributed by atoms with E-state index in [9.17, 15) is 0 Å². The van der Waals surface area contributed by atoms with E-state index in [1.807, 2.05) is 42.7 Å². The SMILES string of the molecule is N=C(N)c1ccc(Cn2cnc3cc(OC4CCNCC4)ccc32)c2ccccc12. The normalized spacial score (nSPS) is 14.9. The lowest BCUT2D eigenvalue weighted by molar-refractivity contribution is 0.162. The van der Waals surface area contributed by atoms with Crippen molar-refractivity contribution < 1.29 is 4.74 Å². The molecule has 4 aromatic rings. The summed E-state index contributed by atoms with van der Waals surface area (Å²) in [6, 6.07) is 18.3. The minimum absolute atomic E-state index is 0.0899. The first kappa shape index (κ1) is 18.6. The Morgan fingerprint density at radius 1 is 1.10 bits per heavy atom. The van der Waals surface area contributed by atoms with Crippen LogP contribution in [-0.4, -0.2) is 34.6 Å². The first-order valence-corrected chi connectivity index (χ1v) is 10.4. The van der Waals surface area contributed by atoms with E-state index in [1.54, 1.807) is 0 Å². The van der Waals surface area contributed by atoms with Gasteiger partial charge in [0.15, 0.2) is 0 Å². The quantitative estimate of drug-likeness (QED) is 0.353. The van der Waals surface area contributed by atoms with Gasteiger partial charge in [-0.1, -0.05) is 36.4 Å². The lowest BCUT2D eigenvalue weighted by Crippen LogP contribution is -2.34. The summed E-state index contributed by atoms with van der Waals surface area (Å²) >= 11 is 0. The van der Waals surface area contributed by atoms with Crippen molar-refractivity contribution >= 4 is 27.6 Å². The zero-order chi connectivity index (χ0) is 20.5. The van der Waals surface area contributed by atoms with Crippen molar-refractivity contribution in [2.24, 2.45) is 5.73 Å². The van der Waals surface area contributed by atoms with E-state index in [1.165, 1.54) is 5.56 Å². The number of fused-ring (bicyclic) bond motifs is 2. The van der Waals surface area contributed by atoms with Crippen LogP contribution < -0.4 is 15.8 Å². The Labute approximate surface area is 175 Å². The molecule has 152 valence electrons. The van der Waals surface area contributed by atoms with Crippen molar-refractivity contribution in [3.8, 4) is 5.75 Å². The largest absolute Gasteiger partial charge is 0.490 e. The Hall–Kier alpha value is -3.38. The van der Waals surface area contributed by atoms with E-state index < -0.39 is 0 Å². The molecule has 5 rings (SSSR count). The topological polar surface area (TPSA) is 89.0 Å². The maximum absolute atomic E-state index is 7.85. The predicted octanol–water partition coefficient (Wildman–Crippen LogP) is 3.65. The summed E-state index contributed by atoms with van der Waals surface area (Å²) in [5.41, 5.74) is 9.73. The van der Waals surface area contributed by atoms with Crippen molar-refractivity contribution in [3.63, 3.8) is 0 Å². The fourth-order valence-corrected chi connectivity index (χ4v) is 4.27. The first-order chi connectivity index (χ1) is 14.7. The zero-order valence-electron chi connectivity index (χ0n) is 16.8. The van der Waals surface area contributed by atoms with Crippen molar-refractivity contribution in [2.45, 2.75) is 25.5 Å². The molecule has 3 aromatic carbocycles. The molecule has 1 aliphatic heterocycles. The van der Waals surface area contributed by atoms with Gasteiger partial charge in [-0.05, 0) is 54.4 Å². The minimum Gasteiger partial charge on any atom is -0.490 e. The molecule has 4 N–H and O–H groups in total. The van der Waals surface area contributed by atoms with Crippen LogP contribution in [0.3, 0.4) is 0 Å². The van der Waals surface area contributed by atoms with Crippen LogP contribution in [0.4, 0.5) is 0 Å². The summed E-state index contributed by atoms with van der Waals surface area (Å²) in [7, 11) is 0. The van der Waals surface area contributed by atoms with Gasteiger partial charge in [0.2, 0.25) is 0 Å². The number of rotatable bonds is 5. The fraction of sp³-hybridized carbons (Fsp3) is 0.250. The third-order valence-corrected chi connectivity index (χ3v) is 5.83. The monoisotopic (exact) mass is 399 g/mol. The van der Waals surface area contributed by atoms with Gasteiger partial charge in [-0.15, -0.1) is 0 Å². The van der Waals surface area contributed by atoms with Crippen molar-refractivity contribution in [1.82, 2.24) is 14.9 Å². The maximum Gasteiger partial charge on any atom is 0.123 e. The highest BCUT2D eigenvalue weighted by atomic mass is 16.5. The molecule has 1 aliphatic rings. The molecular formula is C24H25N5O. The van der Waals surface area contributed by atoms with Gasteiger partial charge in [-0.3, -0.25) is 5.41 Å². The molecule has 0 bridgehead atoms. The second kappa shape index (κ2) is 7.80. The number of hydrogen-bond donors (Lipinski definition) is 3. The number of imidazole rings is 1. The van der Waals surface area contributed by atoms with Gasteiger partial charge in [-0.25, -0.2) is 4.98 Å². The lowest BCUT2D eigenvalue weighted by atomic mass is 9.99. The third-order valence-electron chi connectivity index (χ3n) is 5.83. The van der Waals surface area contributed by atoms with Crippen molar-refractivity contribution in [1.29, 1.82) is 5.41 Å². The summed E-state index contributed by atoms with van der Waals surface area (Å²) in [6.45, 7) is 2.72. The molecule has 30 heavy (non-hydrogen) atoms. The summed E-state index contributed by atoms with van der Waals surface area (Å²) in [6.07, 6.45) is 4.23. The minimum atomic E-state index is 0.0899.